The summed E-state index contributed by atoms with van der Waals surface area (Å²) in [5, 5.41) is 11.9. The van der Waals surface area contributed by atoms with Crippen molar-refractivity contribution in [2.75, 3.05) is 19.6 Å². The maximum atomic E-state index is 13.5. The molecule has 1 heterocycles. The Labute approximate surface area is 147 Å². The molecule has 0 aromatic heterocycles. The molecule has 1 N–H and O–H groups in total. The highest BCUT2D eigenvalue weighted by Crippen LogP contribution is 2.23. The van der Waals surface area contributed by atoms with Gasteiger partial charge in [0.2, 0.25) is 11.8 Å². The molecule has 1 aromatic rings. The van der Waals surface area contributed by atoms with E-state index in [1.165, 1.54) is 6.07 Å². The van der Waals surface area contributed by atoms with Gasteiger partial charge in [-0.2, -0.15) is 5.26 Å². The van der Waals surface area contributed by atoms with Crippen LogP contribution in [0.1, 0.15) is 32.3 Å². The van der Waals surface area contributed by atoms with Crippen molar-refractivity contribution < 1.29 is 14.0 Å². The molecule has 0 bridgehead atoms. The van der Waals surface area contributed by atoms with E-state index in [2.05, 4.69) is 5.32 Å². The number of nitriles is 1. The monoisotopic (exact) mass is 345 g/mol. The van der Waals surface area contributed by atoms with Crippen LogP contribution in [0.2, 0.25) is 0 Å². The van der Waals surface area contributed by atoms with Crippen molar-refractivity contribution in [3.63, 3.8) is 0 Å². The first-order chi connectivity index (χ1) is 11.8. The summed E-state index contributed by atoms with van der Waals surface area (Å²) in [5.74, 6) is -0.644. The van der Waals surface area contributed by atoms with Gasteiger partial charge < -0.3 is 10.2 Å². The van der Waals surface area contributed by atoms with Crippen LogP contribution in [-0.2, 0) is 16.0 Å². The average molecular weight is 345 g/mol. The lowest BCUT2D eigenvalue weighted by molar-refractivity contribution is -0.140. The van der Waals surface area contributed by atoms with Crippen LogP contribution in [0.25, 0.3) is 0 Å². The zero-order valence-electron chi connectivity index (χ0n) is 14.7. The number of benzene rings is 1. The summed E-state index contributed by atoms with van der Waals surface area (Å²) < 4.78 is 13.5. The van der Waals surface area contributed by atoms with E-state index in [1.807, 2.05) is 6.07 Å². The zero-order valence-corrected chi connectivity index (χ0v) is 14.7. The van der Waals surface area contributed by atoms with E-state index in [0.29, 0.717) is 44.5 Å². The molecule has 0 aliphatic carbocycles. The second-order valence-electron chi connectivity index (χ2n) is 6.94. The van der Waals surface area contributed by atoms with E-state index in [-0.39, 0.29) is 23.5 Å². The number of amides is 2. The molecule has 0 radical (unpaired) electrons. The topological polar surface area (TPSA) is 73.2 Å². The van der Waals surface area contributed by atoms with Gasteiger partial charge in [0, 0.05) is 25.6 Å². The molecule has 0 atom stereocenters. The van der Waals surface area contributed by atoms with Gasteiger partial charge in [-0.25, -0.2) is 4.39 Å². The molecule has 2 rings (SSSR count). The van der Waals surface area contributed by atoms with Crippen LogP contribution in [0.4, 0.5) is 4.39 Å². The Kier molecular flexibility index (Phi) is 6.13. The molecule has 2 amide bonds. The smallest absolute Gasteiger partial charge is 0.242 e. The maximum Gasteiger partial charge on any atom is 0.242 e. The summed E-state index contributed by atoms with van der Waals surface area (Å²) in [7, 11) is 0. The summed E-state index contributed by atoms with van der Waals surface area (Å²) >= 11 is 0. The quantitative estimate of drug-likeness (QED) is 0.890. The molecular formula is C19H24FN3O2. The lowest BCUT2D eigenvalue weighted by atomic mass is 9.90. The number of rotatable bonds is 5. The van der Waals surface area contributed by atoms with Gasteiger partial charge in [0.15, 0.2) is 0 Å². The van der Waals surface area contributed by atoms with E-state index >= 15 is 0 Å². The van der Waals surface area contributed by atoms with E-state index in [4.69, 9.17) is 5.26 Å². The number of hydrogen-bond donors (Lipinski definition) is 1. The minimum absolute atomic E-state index is 0.0528. The molecule has 1 fully saturated rings. The van der Waals surface area contributed by atoms with Crippen LogP contribution in [-0.4, -0.2) is 36.3 Å². The standard InChI is InChI=1S/C19H24FN3O2/c1-19(2,13-21)18(25)23-11-8-15(9-12-23)17(24)22-10-7-14-5-3-4-6-16(14)20/h3-6,15H,7-12H2,1-2H3,(H,22,24). The molecule has 25 heavy (non-hydrogen) atoms. The molecule has 0 saturated carbocycles. The van der Waals surface area contributed by atoms with Crippen molar-refractivity contribution in [1.29, 1.82) is 5.26 Å². The summed E-state index contributed by atoms with van der Waals surface area (Å²) in [6.45, 7) is 4.57. The van der Waals surface area contributed by atoms with Gasteiger partial charge in [0.1, 0.15) is 11.2 Å². The Morgan fingerprint density at radius 1 is 1.32 bits per heavy atom. The molecule has 1 saturated heterocycles. The number of halogens is 1. The first-order valence-electron chi connectivity index (χ1n) is 8.57. The number of carbonyl (C=O) groups is 2. The lowest BCUT2D eigenvalue weighted by Gasteiger charge is -2.34. The van der Waals surface area contributed by atoms with E-state index in [1.54, 1.807) is 36.9 Å². The molecule has 6 heteroatoms. The SMILES string of the molecule is CC(C)(C#N)C(=O)N1CCC(C(=O)NCCc2ccccc2F)CC1. The van der Waals surface area contributed by atoms with Crippen molar-refractivity contribution in [3.8, 4) is 6.07 Å². The summed E-state index contributed by atoms with van der Waals surface area (Å²) in [6, 6.07) is 8.55. The molecule has 1 aliphatic heterocycles. The van der Waals surface area contributed by atoms with Gasteiger partial charge in [-0.3, -0.25) is 9.59 Å². The van der Waals surface area contributed by atoms with Crippen LogP contribution in [0, 0.1) is 28.5 Å². The number of carbonyl (C=O) groups excluding carboxylic acids is 2. The fourth-order valence-electron chi connectivity index (χ4n) is 2.95. The summed E-state index contributed by atoms with van der Waals surface area (Å²) in [6.07, 6.45) is 1.61. The van der Waals surface area contributed by atoms with Gasteiger partial charge in [-0.05, 0) is 44.7 Å². The van der Waals surface area contributed by atoms with Crippen molar-refractivity contribution in [2.24, 2.45) is 11.3 Å². The van der Waals surface area contributed by atoms with Gasteiger partial charge in [0.05, 0.1) is 6.07 Å². The van der Waals surface area contributed by atoms with Crippen molar-refractivity contribution in [1.82, 2.24) is 10.2 Å². The predicted molar refractivity (Wildman–Crippen MR) is 91.8 cm³/mol. The third kappa shape index (κ3) is 4.79. The van der Waals surface area contributed by atoms with Gasteiger partial charge in [-0.15, -0.1) is 0 Å². The number of piperidine rings is 1. The van der Waals surface area contributed by atoms with E-state index in [9.17, 15) is 14.0 Å². The number of hydrogen-bond acceptors (Lipinski definition) is 3. The Balaban J connectivity index is 1.77. The van der Waals surface area contributed by atoms with Gasteiger partial charge >= 0.3 is 0 Å². The first kappa shape index (κ1) is 18.9. The van der Waals surface area contributed by atoms with Crippen LogP contribution in [0.3, 0.4) is 0 Å². The molecule has 1 aromatic carbocycles. The largest absolute Gasteiger partial charge is 0.356 e. The van der Waals surface area contributed by atoms with Crippen LogP contribution < -0.4 is 5.32 Å². The fourth-order valence-corrected chi connectivity index (χ4v) is 2.95. The minimum atomic E-state index is -1.03. The zero-order chi connectivity index (χ0) is 18.4. The maximum absolute atomic E-state index is 13.5. The molecule has 1 aliphatic rings. The normalized spacial score (nSPS) is 15.5. The number of nitrogens with one attached hydrogen (secondary N) is 1. The van der Waals surface area contributed by atoms with E-state index in [0.717, 1.165) is 0 Å². The third-order valence-corrected chi connectivity index (χ3v) is 4.62. The molecule has 5 nitrogen and oxygen atoms in total. The highest BCUT2D eigenvalue weighted by molar-refractivity contribution is 5.85. The second kappa shape index (κ2) is 8.11. The molecule has 0 unspecified atom stereocenters. The van der Waals surface area contributed by atoms with Crippen LogP contribution in [0.5, 0.6) is 0 Å². The molecular weight excluding hydrogens is 321 g/mol. The first-order valence-corrected chi connectivity index (χ1v) is 8.57. The number of nitrogens with zero attached hydrogens (tertiary/aromatic N) is 2. The average Bonchev–Trinajstić information content (AvgIpc) is 2.62. The van der Waals surface area contributed by atoms with Gasteiger partial charge in [0.25, 0.3) is 0 Å². The van der Waals surface area contributed by atoms with Gasteiger partial charge in [-0.1, -0.05) is 18.2 Å². The summed E-state index contributed by atoms with van der Waals surface area (Å²) in [4.78, 5) is 26.2. The Morgan fingerprint density at radius 3 is 2.56 bits per heavy atom. The Bertz CT molecular complexity index is 673. The highest BCUT2D eigenvalue weighted by Gasteiger charge is 2.35. The third-order valence-electron chi connectivity index (χ3n) is 4.62. The Hall–Kier alpha value is -2.42. The van der Waals surface area contributed by atoms with Crippen molar-refractivity contribution in [3.05, 3.63) is 35.6 Å². The van der Waals surface area contributed by atoms with Crippen LogP contribution in [0.15, 0.2) is 24.3 Å². The highest BCUT2D eigenvalue weighted by atomic mass is 19.1. The number of likely N-dealkylation sites (tertiary alicyclic amines) is 1. The van der Waals surface area contributed by atoms with Crippen molar-refractivity contribution >= 4 is 11.8 Å². The van der Waals surface area contributed by atoms with Crippen molar-refractivity contribution in [2.45, 2.75) is 33.1 Å². The van der Waals surface area contributed by atoms with Crippen LogP contribution >= 0.6 is 0 Å². The minimum Gasteiger partial charge on any atom is -0.356 e. The Morgan fingerprint density at radius 2 is 1.96 bits per heavy atom. The second-order valence-corrected chi connectivity index (χ2v) is 6.94. The lowest BCUT2D eigenvalue weighted by Crippen LogP contribution is -2.47. The van der Waals surface area contributed by atoms with E-state index < -0.39 is 5.41 Å². The summed E-state index contributed by atoms with van der Waals surface area (Å²) in [5.41, 5.74) is -0.448. The molecule has 0 spiro atoms. The molecule has 134 valence electrons. The predicted octanol–water partition coefficient (Wildman–Crippen LogP) is 2.27. The fraction of sp³-hybridized carbons (Fsp3) is 0.526.